The molecule has 15 heavy (non-hydrogen) atoms. The molecule has 1 atom stereocenters. The lowest BCUT2D eigenvalue weighted by molar-refractivity contribution is 0.191. The molecule has 0 radical (unpaired) electrons. The molecule has 1 unspecified atom stereocenters. The molecule has 1 aromatic rings. The van der Waals surface area contributed by atoms with Gasteiger partial charge in [0.05, 0.1) is 18.4 Å². The van der Waals surface area contributed by atoms with E-state index in [2.05, 4.69) is 16.9 Å². The molecule has 0 saturated heterocycles. The summed E-state index contributed by atoms with van der Waals surface area (Å²) in [6, 6.07) is 0.394. The summed E-state index contributed by atoms with van der Waals surface area (Å²) < 4.78 is 5.53. The van der Waals surface area contributed by atoms with Crippen LogP contribution < -0.4 is 4.74 Å². The number of aryl methyl sites for hydroxylation is 1. The van der Waals surface area contributed by atoms with Crippen molar-refractivity contribution in [2.24, 2.45) is 0 Å². The van der Waals surface area contributed by atoms with Crippen LogP contribution in [0.2, 0.25) is 0 Å². The third kappa shape index (κ3) is 3.47. The van der Waals surface area contributed by atoms with Crippen LogP contribution in [0.5, 0.6) is 6.01 Å². The zero-order valence-electron chi connectivity index (χ0n) is 9.53. The zero-order chi connectivity index (χ0) is 11.3. The molecule has 1 rings (SSSR count). The van der Waals surface area contributed by atoms with Crippen molar-refractivity contribution in [2.45, 2.75) is 46.3 Å². The van der Waals surface area contributed by atoms with E-state index in [0.29, 0.717) is 6.01 Å². The average Bonchev–Trinajstić information content (AvgIpc) is 2.18. The number of nitrogens with zero attached hydrogens (tertiary/aromatic N) is 2. The summed E-state index contributed by atoms with van der Waals surface area (Å²) in [6.07, 6.45) is 3.81. The quantitative estimate of drug-likeness (QED) is 0.805. The summed E-state index contributed by atoms with van der Waals surface area (Å²) in [5.74, 6) is 0. The van der Waals surface area contributed by atoms with E-state index in [1.807, 2.05) is 13.8 Å². The summed E-state index contributed by atoms with van der Waals surface area (Å²) in [7, 11) is 0. The first kappa shape index (κ1) is 11.9. The van der Waals surface area contributed by atoms with Crippen molar-refractivity contribution < 1.29 is 9.84 Å². The molecule has 0 aliphatic rings. The molecular formula is C11H18N2O2. The Morgan fingerprint density at radius 2 is 2.27 bits per heavy atom. The highest BCUT2D eigenvalue weighted by Crippen LogP contribution is 2.11. The van der Waals surface area contributed by atoms with E-state index in [-0.39, 0.29) is 12.7 Å². The molecule has 0 amide bonds. The first-order valence-electron chi connectivity index (χ1n) is 5.27. The lowest BCUT2D eigenvalue weighted by Gasteiger charge is -2.12. The predicted molar refractivity (Wildman–Crippen MR) is 57.7 cm³/mol. The Hall–Kier alpha value is -1.16. The Bertz CT molecular complexity index is 315. The van der Waals surface area contributed by atoms with Crippen LogP contribution in [-0.2, 0) is 6.61 Å². The summed E-state index contributed by atoms with van der Waals surface area (Å²) in [5.41, 5.74) is 1.51. The molecule has 4 nitrogen and oxygen atoms in total. The summed E-state index contributed by atoms with van der Waals surface area (Å²) in [5, 5.41) is 8.95. The molecule has 0 bridgehead atoms. The number of hydrogen-bond acceptors (Lipinski definition) is 4. The van der Waals surface area contributed by atoms with Gasteiger partial charge in [-0.25, -0.2) is 9.97 Å². The molecule has 0 aliphatic carbocycles. The highest BCUT2D eigenvalue weighted by molar-refractivity contribution is 5.16. The molecule has 0 fully saturated rings. The molecule has 84 valence electrons. The molecule has 0 aliphatic heterocycles. The Labute approximate surface area is 90.3 Å². The molecule has 0 aromatic carbocycles. The van der Waals surface area contributed by atoms with Gasteiger partial charge in [-0.05, 0) is 20.3 Å². The van der Waals surface area contributed by atoms with E-state index >= 15 is 0 Å². The maximum Gasteiger partial charge on any atom is 0.316 e. The van der Waals surface area contributed by atoms with Crippen LogP contribution in [0, 0.1) is 6.92 Å². The van der Waals surface area contributed by atoms with Crippen molar-refractivity contribution >= 4 is 0 Å². The number of ether oxygens (including phenoxy) is 1. The van der Waals surface area contributed by atoms with Gasteiger partial charge >= 0.3 is 6.01 Å². The second-order valence-corrected chi connectivity index (χ2v) is 3.64. The van der Waals surface area contributed by atoms with Gasteiger partial charge in [-0.15, -0.1) is 0 Å². The first-order valence-corrected chi connectivity index (χ1v) is 5.27. The van der Waals surface area contributed by atoms with Crippen molar-refractivity contribution in [1.82, 2.24) is 9.97 Å². The summed E-state index contributed by atoms with van der Waals surface area (Å²) >= 11 is 0. The molecule has 1 heterocycles. The van der Waals surface area contributed by atoms with Crippen molar-refractivity contribution in [2.75, 3.05) is 0 Å². The fourth-order valence-electron chi connectivity index (χ4n) is 1.33. The predicted octanol–water partition coefficient (Wildman–Crippen LogP) is 1.84. The van der Waals surface area contributed by atoms with Gasteiger partial charge < -0.3 is 9.84 Å². The Morgan fingerprint density at radius 3 is 2.80 bits per heavy atom. The SMILES string of the molecule is CCCC(C)Oc1ncc(CO)c(C)n1. The van der Waals surface area contributed by atoms with Gasteiger partial charge in [-0.2, -0.15) is 0 Å². The molecular weight excluding hydrogens is 192 g/mol. The second-order valence-electron chi connectivity index (χ2n) is 3.64. The first-order chi connectivity index (χ1) is 7.17. The number of aliphatic hydroxyl groups is 1. The van der Waals surface area contributed by atoms with E-state index in [9.17, 15) is 0 Å². The van der Waals surface area contributed by atoms with Crippen LogP contribution in [0.4, 0.5) is 0 Å². The molecule has 0 spiro atoms. The third-order valence-electron chi connectivity index (χ3n) is 2.23. The minimum absolute atomic E-state index is 0.0311. The topological polar surface area (TPSA) is 55.2 Å². The Kier molecular flexibility index (Phi) is 4.49. The van der Waals surface area contributed by atoms with Gasteiger partial charge in [0.25, 0.3) is 0 Å². The highest BCUT2D eigenvalue weighted by atomic mass is 16.5. The largest absolute Gasteiger partial charge is 0.460 e. The highest BCUT2D eigenvalue weighted by Gasteiger charge is 2.07. The fourth-order valence-corrected chi connectivity index (χ4v) is 1.33. The second kappa shape index (κ2) is 5.66. The maximum absolute atomic E-state index is 8.95. The number of rotatable bonds is 5. The molecule has 4 heteroatoms. The number of aromatic nitrogens is 2. The van der Waals surface area contributed by atoms with Crippen LogP contribution in [0.25, 0.3) is 0 Å². The van der Waals surface area contributed by atoms with Crippen LogP contribution in [0.15, 0.2) is 6.20 Å². The lowest BCUT2D eigenvalue weighted by Crippen LogP contribution is -2.13. The van der Waals surface area contributed by atoms with Crippen LogP contribution in [-0.4, -0.2) is 21.2 Å². The van der Waals surface area contributed by atoms with E-state index in [4.69, 9.17) is 9.84 Å². The van der Waals surface area contributed by atoms with Gasteiger partial charge in [-0.3, -0.25) is 0 Å². The minimum atomic E-state index is -0.0311. The minimum Gasteiger partial charge on any atom is -0.460 e. The van der Waals surface area contributed by atoms with Gasteiger partial charge in [0.1, 0.15) is 0 Å². The van der Waals surface area contributed by atoms with E-state index in [1.54, 1.807) is 6.20 Å². The normalized spacial score (nSPS) is 12.5. The van der Waals surface area contributed by atoms with Crippen LogP contribution >= 0.6 is 0 Å². The smallest absolute Gasteiger partial charge is 0.316 e. The van der Waals surface area contributed by atoms with E-state index < -0.39 is 0 Å². The number of hydrogen-bond donors (Lipinski definition) is 1. The van der Waals surface area contributed by atoms with E-state index in [1.165, 1.54) is 0 Å². The van der Waals surface area contributed by atoms with Crippen molar-refractivity contribution in [1.29, 1.82) is 0 Å². The number of aliphatic hydroxyl groups excluding tert-OH is 1. The lowest BCUT2D eigenvalue weighted by atomic mass is 10.2. The van der Waals surface area contributed by atoms with Gasteiger partial charge in [0.2, 0.25) is 0 Å². The fraction of sp³-hybridized carbons (Fsp3) is 0.636. The van der Waals surface area contributed by atoms with Gasteiger partial charge in [0, 0.05) is 11.8 Å². The third-order valence-corrected chi connectivity index (χ3v) is 2.23. The maximum atomic E-state index is 8.95. The Balaban J connectivity index is 2.66. The van der Waals surface area contributed by atoms with Gasteiger partial charge in [0.15, 0.2) is 0 Å². The molecule has 1 aromatic heterocycles. The van der Waals surface area contributed by atoms with Crippen LogP contribution in [0.3, 0.4) is 0 Å². The van der Waals surface area contributed by atoms with Gasteiger partial charge in [-0.1, -0.05) is 13.3 Å². The summed E-state index contributed by atoms with van der Waals surface area (Å²) in [6.45, 7) is 5.92. The van der Waals surface area contributed by atoms with E-state index in [0.717, 1.165) is 24.1 Å². The monoisotopic (exact) mass is 210 g/mol. The summed E-state index contributed by atoms with van der Waals surface area (Å²) in [4.78, 5) is 8.21. The van der Waals surface area contributed by atoms with Crippen molar-refractivity contribution in [3.8, 4) is 6.01 Å². The van der Waals surface area contributed by atoms with Crippen molar-refractivity contribution in [3.05, 3.63) is 17.5 Å². The molecule has 1 N–H and O–H groups in total. The van der Waals surface area contributed by atoms with Crippen molar-refractivity contribution in [3.63, 3.8) is 0 Å². The molecule has 0 saturated carbocycles. The standard InChI is InChI=1S/C11H18N2O2/c1-4-5-8(2)15-11-12-6-10(7-14)9(3)13-11/h6,8,14H,4-5,7H2,1-3H3. The Morgan fingerprint density at radius 1 is 1.53 bits per heavy atom. The van der Waals surface area contributed by atoms with Crippen LogP contribution in [0.1, 0.15) is 37.9 Å². The zero-order valence-corrected chi connectivity index (χ0v) is 9.53. The average molecular weight is 210 g/mol.